The number of hydrogen-bond acceptors (Lipinski definition) is 2. The molecule has 3 rings (SSSR count). The number of aryl methyl sites for hydroxylation is 2. The van der Waals surface area contributed by atoms with E-state index in [2.05, 4.69) is 61.6 Å². The Kier molecular flexibility index (Phi) is 7.49. The van der Waals surface area contributed by atoms with E-state index < -0.39 is 0 Å². The second-order valence-corrected chi connectivity index (χ2v) is 8.84. The summed E-state index contributed by atoms with van der Waals surface area (Å²) in [7, 11) is 3.60. The first-order chi connectivity index (χ1) is 13.9. The first-order valence-electron chi connectivity index (χ1n) is 10.9. The van der Waals surface area contributed by atoms with Crippen molar-refractivity contribution < 1.29 is 9.90 Å². The van der Waals surface area contributed by atoms with Crippen LogP contribution in [0, 0.1) is 24.7 Å². The molecule has 2 aliphatic carbocycles. The molecule has 0 saturated heterocycles. The van der Waals surface area contributed by atoms with Gasteiger partial charge < -0.3 is 10.0 Å². The molecule has 3 heteroatoms. The Morgan fingerprint density at radius 2 is 2.07 bits per heavy atom. The van der Waals surface area contributed by atoms with Crippen LogP contribution in [0.4, 0.5) is 0 Å². The summed E-state index contributed by atoms with van der Waals surface area (Å²) in [6.45, 7) is 2.13. The number of amides is 1. The van der Waals surface area contributed by atoms with Crippen molar-refractivity contribution >= 4 is 5.91 Å². The molecule has 0 radical (unpaired) electrons. The van der Waals surface area contributed by atoms with E-state index in [9.17, 15) is 9.90 Å². The zero-order chi connectivity index (χ0) is 20.8. The van der Waals surface area contributed by atoms with Crippen molar-refractivity contribution in [2.45, 2.75) is 51.6 Å². The third-order valence-electron chi connectivity index (χ3n) is 6.30. The van der Waals surface area contributed by atoms with Crippen LogP contribution in [0.3, 0.4) is 0 Å². The van der Waals surface area contributed by atoms with Gasteiger partial charge in [0.25, 0.3) is 0 Å². The Labute approximate surface area is 175 Å². The highest BCUT2D eigenvalue weighted by Gasteiger charge is 2.42. The van der Waals surface area contributed by atoms with Crippen LogP contribution >= 0.6 is 0 Å². The van der Waals surface area contributed by atoms with E-state index in [0.717, 1.165) is 32.1 Å². The fourth-order valence-electron chi connectivity index (χ4n) is 4.71. The Morgan fingerprint density at radius 3 is 2.83 bits per heavy atom. The second-order valence-electron chi connectivity index (χ2n) is 8.84. The lowest BCUT2D eigenvalue weighted by molar-refractivity contribution is -0.128. The van der Waals surface area contributed by atoms with Gasteiger partial charge in [-0.2, -0.15) is 0 Å². The van der Waals surface area contributed by atoms with Crippen LogP contribution in [-0.2, 0) is 11.2 Å². The molecule has 2 aliphatic rings. The lowest BCUT2D eigenvalue weighted by atomic mass is 9.89. The predicted molar refractivity (Wildman–Crippen MR) is 120 cm³/mol. The highest BCUT2D eigenvalue weighted by atomic mass is 16.3. The number of carbonyl (C=O) groups is 1. The molecule has 29 heavy (non-hydrogen) atoms. The highest BCUT2D eigenvalue weighted by Crippen LogP contribution is 2.47. The Bertz CT molecular complexity index is 790. The van der Waals surface area contributed by atoms with Gasteiger partial charge in [-0.25, -0.2) is 0 Å². The van der Waals surface area contributed by atoms with Crippen LogP contribution < -0.4 is 0 Å². The molecule has 0 bridgehead atoms. The number of aliphatic hydroxyl groups is 1. The maximum absolute atomic E-state index is 11.7. The van der Waals surface area contributed by atoms with Gasteiger partial charge in [-0.1, -0.05) is 65.8 Å². The minimum absolute atomic E-state index is 0.172. The number of hydrogen-bond donors (Lipinski definition) is 1. The van der Waals surface area contributed by atoms with E-state index in [4.69, 9.17) is 0 Å². The largest absolute Gasteiger partial charge is 0.392 e. The van der Waals surface area contributed by atoms with Crippen LogP contribution in [-0.4, -0.2) is 36.1 Å². The molecule has 0 spiro atoms. The van der Waals surface area contributed by atoms with E-state index in [1.165, 1.54) is 16.7 Å². The lowest BCUT2D eigenvalue weighted by Gasteiger charge is -2.17. The summed E-state index contributed by atoms with van der Waals surface area (Å²) >= 11 is 0. The number of allylic oxidation sites excluding steroid dienone is 5. The number of fused-ring (bicyclic) bond motifs is 1. The lowest BCUT2D eigenvalue weighted by Crippen LogP contribution is -2.20. The van der Waals surface area contributed by atoms with Gasteiger partial charge in [0.1, 0.15) is 0 Å². The summed E-state index contributed by atoms with van der Waals surface area (Å²) < 4.78 is 0. The van der Waals surface area contributed by atoms with Crippen LogP contribution in [0.5, 0.6) is 0 Å². The first-order valence-corrected chi connectivity index (χ1v) is 10.9. The number of rotatable bonds is 8. The summed E-state index contributed by atoms with van der Waals surface area (Å²) in [6.07, 6.45) is 16.3. The predicted octanol–water partition coefficient (Wildman–Crippen LogP) is 4.85. The average Bonchev–Trinajstić information content (AvgIpc) is 3.19. The highest BCUT2D eigenvalue weighted by molar-refractivity contribution is 5.75. The number of nitrogens with zero attached hydrogens (tertiary/aromatic N) is 1. The summed E-state index contributed by atoms with van der Waals surface area (Å²) in [5, 5.41) is 10.5. The van der Waals surface area contributed by atoms with Crippen molar-refractivity contribution in [2.24, 2.45) is 17.8 Å². The molecule has 0 aliphatic heterocycles. The monoisotopic (exact) mass is 393 g/mol. The van der Waals surface area contributed by atoms with Gasteiger partial charge >= 0.3 is 0 Å². The van der Waals surface area contributed by atoms with Gasteiger partial charge in [0.2, 0.25) is 5.91 Å². The Balaban J connectivity index is 1.47. The fourth-order valence-corrected chi connectivity index (χ4v) is 4.71. The molecular formula is C26H35NO2. The zero-order valence-corrected chi connectivity index (χ0v) is 18.1. The zero-order valence-electron chi connectivity index (χ0n) is 18.1. The van der Waals surface area contributed by atoms with Gasteiger partial charge in [0.15, 0.2) is 0 Å². The number of benzene rings is 1. The van der Waals surface area contributed by atoms with E-state index in [1.54, 1.807) is 19.0 Å². The summed E-state index contributed by atoms with van der Waals surface area (Å²) in [5.41, 5.74) is 4.05. The van der Waals surface area contributed by atoms with E-state index in [1.807, 2.05) is 0 Å². The quantitative estimate of drug-likeness (QED) is 0.641. The molecular weight excluding hydrogens is 358 g/mol. The molecule has 1 aromatic carbocycles. The van der Waals surface area contributed by atoms with Gasteiger partial charge in [-0.15, -0.1) is 0 Å². The smallest absolute Gasteiger partial charge is 0.222 e. The van der Waals surface area contributed by atoms with E-state index in [0.29, 0.717) is 18.3 Å². The standard InChI is InChI=1S/C26H35NO2/c1-19-9-8-12-20(15-19)10-4-6-13-23-24-17-21(16-22(24)18-25(23)28)11-5-7-14-26(29)27(2)3/h5-6,8-9,11-13,15-16,22-25,28H,4,7,10,14,17-18H2,1-3H3/b11-5+,13-6+/t22-,23+,24?,25+/m0/s1. The third kappa shape index (κ3) is 5.93. The van der Waals surface area contributed by atoms with Crippen LogP contribution in [0.25, 0.3) is 0 Å². The average molecular weight is 394 g/mol. The molecule has 0 aromatic heterocycles. The van der Waals surface area contributed by atoms with Crippen LogP contribution in [0.15, 0.2) is 60.2 Å². The summed E-state index contributed by atoms with van der Waals surface area (Å²) in [4.78, 5) is 13.3. The Morgan fingerprint density at radius 1 is 1.24 bits per heavy atom. The van der Waals surface area contributed by atoms with Crippen LogP contribution in [0.2, 0.25) is 0 Å². The van der Waals surface area contributed by atoms with Gasteiger partial charge in [0.05, 0.1) is 6.10 Å². The summed E-state index contributed by atoms with van der Waals surface area (Å²) in [6, 6.07) is 8.69. The van der Waals surface area contributed by atoms with Gasteiger partial charge in [-0.3, -0.25) is 4.79 Å². The normalized spacial score (nSPS) is 26.3. The minimum Gasteiger partial charge on any atom is -0.392 e. The van der Waals surface area contributed by atoms with Crippen molar-refractivity contribution in [1.82, 2.24) is 4.90 Å². The SMILES string of the molecule is Cc1cccc(CC/C=C/[C@@H]2C3CC(/C=C/CCC(=O)N(C)C)=C[C@H]3C[C@H]2O)c1. The molecule has 1 saturated carbocycles. The molecule has 1 fully saturated rings. The number of carbonyl (C=O) groups excluding carboxylic acids is 1. The molecule has 4 atom stereocenters. The van der Waals surface area contributed by atoms with Crippen molar-refractivity contribution in [3.8, 4) is 0 Å². The maximum atomic E-state index is 11.7. The minimum atomic E-state index is -0.222. The van der Waals surface area contributed by atoms with Crippen molar-refractivity contribution in [2.75, 3.05) is 14.1 Å². The maximum Gasteiger partial charge on any atom is 0.222 e. The van der Waals surface area contributed by atoms with Crippen molar-refractivity contribution in [3.05, 3.63) is 71.3 Å². The molecule has 3 nitrogen and oxygen atoms in total. The fraction of sp³-hybridized carbons (Fsp3) is 0.500. The van der Waals surface area contributed by atoms with Gasteiger partial charge in [0, 0.05) is 26.4 Å². The Hall–Kier alpha value is -2.13. The number of aliphatic hydroxyl groups excluding tert-OH is 1. The third-order valence-corrected chi connectivity index (χ3v) is 6.30. The molecule has 1 amide bonds. The molecule has 1 aromatic rings. The van der Waals surface area contributed by atoms with Crippen molar-refractivity contribution in [1.29, 1.82) is 0 Å². The second kappa shape index (κ2) is 10.1. The van der Waals surface area contributed by atoms with Crippen LogP contribution in [0.1, 0.15) is 43.2 Å². The summed E-state index contributed by atoms with van der Waals surface area (Å²) in [5.74, 6) is 1.43. The molecule has 0 heterocycles. The molecule has 1 N–H and O–H groups in total. The van der Waals surface area contributed by atoms with E-state index in [-0.39, 0.29) is 17.9 Å². The van der Waals surface area contributed by atoms with E-state index >= 15 is 0 Å². The molecule has 1 unspecified atom stereocenters. The van der Waals surface area contributed by atoms with Gasteiger partial charge in [-0.05, 0) is 56.4 Å². The van der Waals surface area contributed by atoms with Crippen molar-refractivity contribution in [3.63, 3.8) is 0 Å². The topological polar surface area (TPSA) is 40.5 Å². The molecule has 156 valence electrons. The first kappa shape index (κ1) is 21.6.